The van der Waals surface area contributed by atoms with Crippen molar-refractivity contribution in [1.82, 2.24) is 9.99 Å². The van der Waals surface area contributed by atoms with Gasteiger partial charge >= 0.3 is 0 Å². The molecule has 1 saturated heterocycles. The van der Waals surface area contributed by atoms with Crippen LogP contribution in [-0.2, 0) is 9.59 Å². The maximum absolute atomic E-state index is 12.8. The minimum Gasteiger partial charge on any atom is -0.318 e. The molecule has 1 aliphatic heterocycles. The highest BCUT2D eigenvalue weighted by molar-refractivity contribution is 6.31. The standard InChI is InChI=1S/C22H18ClN3O2/c1-14-12-16(15(2)25(14)18-10-8-17(23)9-11-18)13-20-21(27)24-26(22(20)28)19-6-4-3-5-7-19/h3-13H,1-2H3,(H,24,27). The Bertz CT molecular complexity index is 1100. The van der Waals surface area contributed by atoms with Crippen LogP contribution < -0.4 is 10.4 Å². The number of amides is 2. The van der Waals surface area contributed by atoms with Crippen molar-refractivity contribution in [2.75, 3.05) is 5.01 Å². The van der Waals surface area contributed by atoms with Gasteiger partial charge in [-0.1, -0.05) is 29.8 Å². The number of benzene rings is 2. The Morgan fingerprint density at radius 2 is 1.61 bits per heavy atom. The molecule has 0 saturated carbocycles. The van der Waals surface area contributed by atoms with Gasteiger partial charge in [0.15, 0.2) is 0 Å². The van der Waals surface area contributed by atoms with Gasteiger partial charge in [-0.2, -0.15) is 0 Å². The van der Waals surface area contributed by atoms with Crippen molar-refractivity contribution >= 4 is 35.2 Å². The minimum absolute atomic E-state index is 0.111. The van der Waals surface area contributed by atoms with Crippen molar-refractivity contribution in [2.45, 2.75) is 13.8 Å². The van der Waals surface area contributed by atoms with Gasteiger partial charge in [-0.15, -0.1) is 0 Å². The molecule has 4 rings (SSSR count). The van der Waals surface area contributed by atoms with E-state index in [0.29, 0.717) is 10.7 Å². The highest BCUT2D eigenvalue weighted by Gasteiger charge is 2.34. The Hall–Kier alpha value is -3.31. The number of hydrogen-bond donors (Lipinski definition) is 1. The first-order valence-electron chi connectivity index (χ1n) is 8.83. The summed E-state index contributed by atoms with van der Waals surface area (Å²) in [6, 6.07) is 18.5. The van der Waals surface area contributed by atoms with Crippen molar-refractivity contribution in [3.05, 3.63) is 88.2 Å². The van der Waals surface area contributed by atoms with E-state index in [0.717, 1.165) is 22.6 Å². The van der Waals surface area contributed by atoms with Crippen molar-refractivity contribution in [1.29, 1.82) is 0 Å². The molecule has 1 fully saturated rings. The quantitative estimate of drug-likeness (QED) is 0.537. The lowest BCUT2D eigenvalue weighted by Crippen LogP contribution is -2.35. The topological polar surface area (TPSA) is 54.3 Å². The third kappa shape index (κ3) is 3.10. The van der Waals surface area contributed by atoms with E-state index in [4.69, 9.17) is 11.6 Å². The maximum atomic E-state index is 12.8. The third-order valence-electron chi connectivity index (χ3n) is 4.76. The Morgan fingerprint density at radius 3 is 2.29 bits per heavy atom. The van der Waals surface area contributed by atoms with Crippen LogP contribution in [0.2, 0.25) is 5.02 Å². The second kappa shape index (κ2) is 7.02. The van der Waals surface area contributed by atoms with Crippen molar-refractivity contribution in [3.63, 3.8) is 0 Å². The summed E-state index contributed by atoms with van der Waals surface area (Å²) in [6.45, 7) is 3.94. The second-order valence-corrected chi connectivity index (χ2v) is 7.05. The molecule has 28 heavy (non-hydrogen) atoms. The number of hydrazine groups is 1. The van der Waals surface area contributed by atoms with Gasteiger partial charge in [0.05, 0.1) is 5.69 Å². The second-order valence-electron chi connectivity index (χ2n) is 6.61. The number of rotatable bonds is 3. The normalized spacial score (nSPS) is 15.4. The highest BCUT2D eigenvalue weighted by Crippen LogP contribution is 2.26. The fraction of sp³-hybridized carbons (Fsp3) is 0.0909. The summed E-state index contributed by atoms with van der Waals surface area (Å²) in [5, 5.41) is 1.94. The Labute approximate surface area is 167 Å². The molecule has 5 nitrogen and oxygen atoms in total. The number of nitrogens with zero attached hydrogens (tertiary/aromatic N) is 2. The van der Waals surface area contributed by atoms with E-state index >= 15 is 0 Å². The lowest BCUT2D eigenvalue weighted by Gasteiger charge is -2.13. The van der Waals surface area contributed by atoms with Crippen LogP contribution >= 0.6 is 11.6 Å². The number of hydrogen-bond acceptors (Lipinski definition) is 2. The van der Waals surface area contributed by atoms with E-state index in [2.05, 4.69) is 9.99 Å². The Morgan fingerprint density at radius 1 is 0.929 bits per heavy atom. The zero-order valence-corrected chi connectivity index (χ0v) is 16.2. The van der Waals surface area contributed by atoms with Gasteiger partial charge in [-0.3, -0.25) is 15.0 Å². The average molecular weight is 392 g/mol. The predicted molar refractivity (Wildman–Crippen MR) is 110 cm³/mol. The van der Waals surface area contributed by atoms with Crippen LogP contribution in [0, 0.1) is 13.8 Å². The van der Waals surface area contributed by atoms with Crippen LogP contribution in [0.25, 0.3) is 11.8 Å². The molecule has 3 aromatic rings. The molecule has 1 aromatic heterocycles. The Kier molecular flexibility index (Phi) is 4.53. The van der Waals surface area contributed by atoms with Gasteiger partial charge in [0.25, 0.3) is 11.8 Å². The molecular formula is C22H18ClN3O2. The van der Waals surface area contributed by atoms with Gasteiger partial charge in [0.1, 0.15) is 5.57 Å². The molecule has 6 heteroatoms. The maximum Gasteiger partial charge on any atom is 0.282 e. The van der Waals surface area contributed by atoms with Crippen LogP contribution in [-0.4, -0.2) is 16.4 Å². The molecule has 2 aromatic carbocycles. The van der Waals surface area contributed by atoms with E-state index < -0.39 is 5.91 Å². The lowest BCUT2D eigenvalue weighted by molar-refractivity contribution is -0.117. The smallest absolute Gasteiger partial charge is 0.282 e. The number of nitrogens with one attached hydrogen (secondary N) is 1. The minimum atomic E-state index is -0.412. The highest BCUT2D eigenvalue weighted by atomic mass is 35.5. The van der Waals surface area contributed by atoms with Crippen molar-refractivity contribution in [2.24, 2.45) is 0 Å². The van der Waals surface area contributed by atoms with Crippen LogP contribution in [0.1, 0.15) is 17.0 Å². The first-order chi connectivity index (χ1) is 13.5. The Balaban J connectivity index is 1.71. The zero-order chi connectivity index (χ0) is 19.8. The number of para-hydroxylation sites is 1. The molecule has 0 unspecified atom stereocenters. The van der Waals surface area contributed by atoms with E-state index in [-0.39, 0.29) is 11.5 Å². The predicted octanol–water partition coefficient (Wildman–Crippen LogP) is 4.21. The summed E-state index contributed by atoms with van der Waals surface area (Å²) in [6.07, 6.45) is 1.65. The molecule has 1 aliphatic rings. The SMILES string of the molecule is Cc1cc(C=C2C(=O)NN(c3ccccc3)C2=O)c(C)n1-c1ccc(Cl)cc1. The first-order valence-corrected chi connectivity index (χ1v) is 9.20. The summed E-state index contributed by atoms with van der Waals surface area (Å²) < 4.78 is 2.06. The number of halogens is 1. The van der Waals surface area contributed by atoms with Gasteiger partial charge < -0.3 is 4.57 Å². The molecule has 2 amide bonds. The third-order valence-corrected chi connectivity index (χ3v) is 5.01. The van der Waals surface area contributed by atoms with Gasteiger partial charge in [0.2, 0.25) is 0 Å². The monoisotopic (exact) mass is 391 g/mol. The fourth-order valence-corrected chi connectivity index (χ4v) is 3.52. The van der Waals surface area contributed by atoms with E-state index in [1.54, 1.807) is 18.2 Å². The van der Waals surface area contributed by atoms with Crippen LogP contribution in [0.3, 0.4) is 0 Å². The fourth-order valence-electron chi connectivity index (χ4n) is 3.39. The van der Waals surface area contributed by atoms with Crippen LogP contribution in [0.5, 0.6) is 0 Å². The summed E-state index contributed by atoms with van der Waals surface area (Å²) in [7, 11) is 0. The zero-order valence-electron chi connectivity index (χ0n) is 15.4. The molecule has 0 aliphatic carbocycles. The summed E-state index contributed by atoms with van der Waals surface area (Å²) >= 11 is 5.99. The molecule has 0 radical (unpaired) electrons. The molecule has 1 N–H and O–H groups in total. The van der Waals surface area contributed by atoms with Gasteiger partial charge in [-0.05, 0) is 68.0 Å². The lowest BCUT2D eigenvalue weighted by atomic mass is 10.1. The van der Waals surface area contributed by atoms with Crippen LogP contribution in [0.4, 0.5) is 5.69 Å². The molecule has 0 bridgehead atoms. The largest absolute Gasteiger partial charge is 0.318 e. The number of anilines is 1. The van der Waals surface area contributed by atoms with E-state index in [9.17, 15) is 9.59 Å². The molecule has 0 spiro atoms. The first kappa shape index (κ1) is 18.1. The van der Waals surface area contributed by atoms with Gasteiger partial charge in [-0.25, -0.2) is 5.01 Å². The van der Waals surface area contributed by atoms with Crippen LogP contribution in [0.15, 0.2) is 66.2 Å². The van der Waals surface area contributed by atoms with Crippen molar-refractivity contribution in [3.8, 4) is 5.69 Å². The molecular weight excluding hydrogens is 374 g/mol. The molecule has 0 atom stereocenters. The van der Waals surface area contributed by atoms with E-state index in [1.165, 1.54) is 5.01 Å². The number of aromatic nitrogens is 1. The molecule has 140 valence electrons. The van der Waals surface area contributed by atoms with Crippen molar-refractivity contribution < 1.29 is 9.59 Å². The number of aryl methyl sites for hydroxylation is 1. The molecule has 2 heterocycles. The summed E-state index contributed by atoms with van der Waals surface area (Å²) in [4.78, 5) is 25.2. The average Bonchev–Trinajstić information content (AvgIpc) is 3.13. The summed E-state index contributed by atoms with van der Waals surface area (Å²) in [5.41, 5.74) is 7.08. The van der Waals surface area contributed by atoms with Gasteiger partial charge in [0, 0.05) is 22.1 Å². The summed E-state index contributed by atoms with van der Waals surface area (Å²) in [5.74, 6) is -0.780. The number of carbonyl (C=O) groups excluding carboxylic acids is 2. The number of carbonyl (C=O) groups is 2. The van der Waals surface area contributed by atoms with E-state index in [1.807, 2.05) is 62.4 Å².